The molecular formula is C22H29N3O4. The van der Waals surface area contributed by atoms with Crippen molar-refractivity contribution in [2.24, 2.45) is 5.92 Å². The first-order valence-electron chi connectivity index (χ1n) is 10.2. The highest BCUT2D eigenvalue weighted by Crippen LogP contribution is 2.25. The Morgan fingerprint density at radius 3 is 2.62 bits per heavy atom. The molecule has 156 valence electrons. The van der Waals surface area contributed by atoms with E-state index >= 15 is 0 Å². The predicted molar refractivity (Wildman–Crippen MR) is 109 cm³/mol. The second-order valence-corrected chi connectivity index (χ2v) is 7.45. The Balaban J connectivity index is 1.62. The number of carbonyl (C=O) groups is 2. The van der Waals surface area contributed by atoms with Crippen LogP contribution in [0.3, 0.4) is 0 Å². The number of rotatable bonds is 7. The molecule has 0 radical (unpaired) electrons. The minimum Gasteiger partial charge on any atom is -0.488 e. The van der Waals surface area contributed by atoms with Gasteiger partial charge in [-0.25, -0.2) is 0 Å². The number of nitrogens with one attached hydrogen (secondary N) is 1. The quantitative estimate of drug-likeness (QED) is 0.773. The molecule has 1 aromatic carbocycles. The first-order valence-corrected chi connectivity index (χ1v) is 10.2. The average Bonchev–Trinajstić information content (AvgIpc) is 3.07. The van der Waals surface area contributed by atoms with Gasteiger partial charge in [0, 0.05) is 25.6 Å². The third-order valence-electron chi connectivity index (χ3n) is 5.37. The van der Waals surface area contributed by atoms with E-state index in [1.807, 2.05) is 37.8 Å². The van der Waals surface area contributed by atoms with E-state index in [1.165, 1.54) is 0 Å². The Morgan fingerprint density at radius 1 is 1.24 bits per heavy atom. The smallest absolute Gasteiger partial charge is 0.257 e. The molecule has 1 aliphatic heterocycles. The average molecular weight is 399 g/mol. The minimum absolute atomic E-state index is 0.0170. The van der Waals surface area contributed by atoms with E-state index in [0.717, 1.165) is 23.4 Å². The van der Waals surface area contributed by atoms with Gasteiger partial charge in [-0.1, -0.05) is 24.2 Å². The van der Waals surface area contributed by atoms with Crippen LogP contribution < -0.4 is 10.1 Å². The Kier molecular flexibility index (Phi) is 6.90. The number of aryl methyl sites for hydroxylation is 2. The predicted octanol–water partition coefficient (Wildman–Crippen LogP) is 3.25. The molecule has 2 aromatic rings. The van der Waals surface area contributed by atoms with Crippen LogP contribution in [-0.4, -0.2) is 41.5 Å². The van der Waals surface area contributed by atoms with Crippen LogP contribution in [-0.2, 0) is 11.4 Å². The number of likely N-dealkylation sites (tertiary alicyclic amines) is 1. The molecule has 2 heterocycles. The van der Waals surface area contributed by atoms with E-state index in [-0.39, 0.29) is 17.7 Å². The molecule has 0 bridgehead atoms. The van der Waals surface area contributed by atoms with Crippen molar-refractivity contribution in [1.29, 1.82) is 0 Å². The van der Waals surface area contributed by atoms with Crippen LogP contribution in [0, 0.1) is 19.8 Å². The van der Waals surface area contributed by atoms with Gasteiger partial charge >= 0.3 is 0 Å². The first kappa shape index (κ1) is 20.9. The van der Waals surface area contributed by atoms with Gasteiger partial charge in [-0.05, 0) is 45.2 Å². The fourth-order valence-electron chi connectivity index (χ4n) is 3.53. The minimum atomic E-state index is -0.0632. The Bertz CT molecular complexity index is 834. The molecule has 1 N–H and O–H groups in total. The number of para-hydroxylation sites is 1. The lowest BCUT2D eigenvalue weighted by Gasteiger charge is -2.31. The van der Waals surface area contributed by atoms with Gasteiger partial charge in [0.1, 0.15) is 18.1 Å². The number of carbonyl (C=O) groups excluding carboxylic acids is 2. The van der Waals surface area contributed by atoms with E-state index in [2.05, 4.69) is 10.5 Å². The van der Waals surface area contributed by atoms with Gasteiger partial charge < -0.3 is 19.5 Å². The number of amides is 2. The summed E-state index contributed by atoms with van der Waals surface area (Å²) in [5, 5.41) is 6.89. The number of hydrogen-bond donors (Lipinski definition) is 1. The molecule has 0 spiro atoms. The zero-order chi connectivity index (χ0) is 20.8. The molecule has 1 aliphatic rings. The number of benzene rings is 1. The second kappa shape index (κ2) is 9.58. The highest BCUT2D eigenvalue weighted by Gasteiger charge is 2.28. The number of aromatic nitrogens is 1. The Morgan fingerprint density at radius 2 is 1.97 bits per heavy atom. The molecular weight excluding hydrogens is 370 g/mol. The zero-order valence-electron chi connectivity index (χ0n) is 17.4. The highest BCUT2D eigenvalue weighted by atomic mass is 16.5. The molecule has 0 saturated carbocycles. The monoisotopic (exact) mass is 399 g/mol. The molecule has 29 heavy (non-hydrogen) atoms. The second-order valence-electron chi connectivity index (χ2n) is 7.45. The number of hydrogen-bond acceptors (Lipinski definition) is 5. The lowest BCUT2D eigenvalue weighted by Crippen LogP contribution is -2.43. The van der Waals surface area contributed by atoms with Crippen LogP contribution in [0.5, 0.6) is 5.75 Å². The van der Waals surface area contributed by atoms with Crippen molar-refractivity contribution in [3.05, 3.63) is 46.8 Å². The summed E-state index contributed by atoms with van der Waals surface area (Å²) in [7, 11) is 0. The van der Waals surface area contributed by atoms with Crippen molar-refractivity contribution in [2.75, 3.05) is 19.6 Å². The van der Waals surface area contributed by atoms with Gasteiger partial charge in [0.05, 0.1) is 16.8 Å². The van der Waals surface area contributed by atoms with E-state index in [9.17, 15) is 9.59 Å². The Labute approximate surface area is 171 Å². The van der Waals surface area contributed by atoms with Gasteiger partial charge in [0.25, 0.3) is 5.91 Å². The topological polar surface area (TPSA) is 84.7 Å². The maximum Gasteiger partial charge on any atom is 0.257 e. The van der Waals surface area contributed by atoms with Crippen LogP contribution in [0.25, 0.3) is 0 Å². The molecule has 7 nitrogen and oxygen atoms in total. The van der Waals surface area contributed by atoms with E-state index < -0.39 is 0 Å². The normalized spacial score (nSPS) is 14.7. The largest absolute Gasteiger partial charge is 0.488 e. The van der Waals surface area contributed by atoms with Gasteiger partial charge in [-0.3, -0.25) is 9.59 Å². The molecule has 1 aromatic heterocycles. The molecule has 7 heteroatoms. The summed E-state index contributed by atoms with van der Waals surface area (Å²) in [6.07, 6.45) is 2.29. The van der Waals surface area contributed by atoms with Gasteiger partial charge in [-0.15, -0.1) is 0 Å². The fraction of sp³-hybridized carbons (Fsp3) is 0.500. The summed E-state index contributed by atoms with van der Waals surface area (Å²) in [6, 6.07) is 7.27. The summed E-state index contributed by atoms with van der Waals surface area (Å²) in [6.45, 7) is 7.89. The van der Waals surface area contributed by atoms with Crippen LogP contribution in [0.4, 0.5) is 0 Å². The highest BCUT2D eigenvalue weighted by molar-refractivity contribution is 5.97. The maximum atomic E-state index is 13.1. The van der Waals surface area contributed by atoms with Crippen LogP contribution in [0.2, 0.25) is 0 Å². The summed E-state index contributed by atoms with van der Waals surface area (Å²) in [5.74, 6) is 1.28. The first-order chi connectivity index (χ1) is 14.0. The molecule has 3 rings (SSSR count). The van der Waals surface area contributed by atoms with Gasteiger partial charge in [0.15, 0.2) is 0 Å². The van der Waals surface area contributed by atoms with Crippen LogP contribution in [0.15, 0.2) is 28.8 Å². The molecule has 1 fully saturated rings. The van der Waals surface area contributed by atoms with Crippen molar-refractivity contribution in [3.63, 3.8) is 0 Å². The number of piperidine rings is 1. The van der Waals surface area contributed by atoms with Crippen LogP contribution in [0.1, 0.15) is 53.6 Å². The van der Waals surface area contributed by atoms with Crippen molar-refractivity contribution >= 4 is 11.8 Å². The SMILES string of the molecule is CCCNC(=O)C1CCN(C(=O)c2ccccc2OCc2c(C)noc2C)CC1. The van der Waals surface area contributed by atoms with Crippen LogP contribution >= 0.6 is 0 Å². The molecule has 0 atom stereocenters. The number of nitrogens with zero attached hydrogens (tertiary/aromatic N) is 2. The number of ether oxygens (including phenoxy) is 1. The summed E-state index contributed by atoms with van der Waals surface area (Å²) >= 11 is 0. The molecule has 1 saturated heterocycles. The molecule has 2 amide bonds. The summed E-state index contributed by atoms with van der Waals surface area (Å²) < 4.78 is 11.1. The Hall–Kier alpha value is -2.83. The third-order valence-corrected chi connectivity index (χ3v) is 5.37. The molecule has 0 unspecified atom stereocenters. The fourth-order valence-corrected chi connectivity index (χ4v) is 3.53. The summed E-state index contributed by atoms with van der Waals surface area (Å²) in [4.78, 5) is 27.0. The van der Waals surface area contributed by atoms with Gasteiger partial charge in [-0.2, -0.15) is 0 Å². The lowest BCUT2D eigenvalue weighted by atomic mass is 9.95. The maximum absolute atomic E-state index is 13.1. The zero-order valence-corrected chi connectivity index (χ0v) is 17.4. The van der Waals surface area contributed by atoms with Gasteiger partial charge in [0.2, 0.25) is 5.91 Å². The van der Waals surface area contributed by atoms with Crippen molar-refractivity contribution in [1.82, 2.24) is 15.4 Å². The third kappa shape index (κ3) is 4.96. The van der Waals surface area contributed by atoms with E-state index in [0.29, 0.717) is 50.4 Å². The van der Waals surface area contributed by atoms with E-state index in [1.54, 1.807) is 12.1 Å². The van der Waals surface area contributed by atoms with Crippen molar-refractivity contribution in [3.8, 4) is 5.75 Å². The standard InChI is InChI=1S/C22H29N3O4/c1-4-11-23-21(26)17-9-12-25(13-10-17)22(27)18-7-5-6-8-20(18)28-14-19-15(2)24-29-16(19)3/h5-8,17H,4,9-14H2,1-3H3,(H,23,26). The molecule has 0 aliphatic carbocycles. The summed E-state index contributed by atoms with van der Waals surface area (Å²) in [5.41, 5.74) is 2.22. The lowest BCUT2D eigenvalue weighted by molar-refractivity contribution is -0.126. The van der Waals surface area contributed by atoms with E-state index in [4.69, 9.17) is 9.26 Å². The van der Waals surface area contributed by atoms with Crippen molar-refractivity contribution in [2.45, 2.75) is 46.6 Å². The van der Waals surface area contributed by atoms with Crippen molar-refractivity contribution < 1.29 is 18.8 Å².